The first-order valence-corrected chi connectivity index (χ1v) is 9.51. The molecule has 0 bridgehead atoms. The summed E-state index contributed by atoms with van der Waals surface area (Å²) in [5.41, 5.74) is 1.10. The molecule has 132 valence electrons. The molecule has 1 aromatic rings. The number of hydrogen-bond donors (Lipinski definition) is 1. The minimum atomic E-state index is -0.659. The third-order valence-corrected chi connectivity index (χ3v) is 8.28. The van der Waals surface area contributed by atoms with Gasteiger partial charge in [0.25, 0.3) is 0 Å². The van der Waals surface area contributed by atoms with Gasteiger partial charge >= 0.3 is 0 Å². The molecule has 4 fully saturated rings. The number of aliphatic hydroxyl groups excluding tert-OH is 1. The van der Waals surface area contributed by atoms with E-state index in [1.54, 1.807) is 6.26 Å². The molecule has 5 rings (SSSR count). The van der Waals surface area contributed by atoms with E-state index in [1.165, 1.54) is 5.56 Å². The van der Waals surface area contributed by atoms with E-state index in [9.17, 15) is 5.11 Å². The van der Waals surface area contributed by atoms with E-state index < -0.39 is 6.29 Å². The fourth-order valence-electron chi connectivity index (χ4n) is 6.61. The minimum absolute atomic E-state index is 0.187. The van der Waals surface area contributed by atoms with Crippen molar-refractivity contribution in [1.82, 2.24) is 0 Å². The zero-order valence-electron chi connectivity index (χ0n) is 14.7. The second-order valence-electron chi connectivity index (χ2n) is 8.91. The molecule has 2 spiro atoms. The smallest absolute Gasteiger partial charge is 0.163 e. The average Bonchev–Trinajstić information content (AvgIpc) is 2.94. The average molecular weight is 332 g/mol. The highest BCUT2D eigenvalue weighted by atomic mass is 16.7. The first kappa shape index (κ1) is 15.4. The Labute approximate surface area is 143 Å². The first-order valence-electron chi connectivity index (χ1n) is 9.51. The van der Waals surface area contributed by atoms with Gasteiger partial charge in [-0.1, -0.05) is 13.8 Å². The van der Waals surface area contributed by atoms with Crippen LogP contribution >= 0.6 is 0 Å². The molecule has 2 aliphatic carbocycles. The number of rotatable bonds is 3. The lowest BCUT2D eigenvalue weighted by molar-refractivity contribution is -0.197. The van der Waals surface area contributed by atoms with Gasteiger partial charge in [0.15, 0.2) is 6.29 Å². The highest BCUT2D eigenvalue weighted by molar-refractivity contribution is 5.26. The lowest BCUT2D eigenvalue weighted by atomic mass is 9.44. The van der Waals surface area contributed by atoms with Crippen LogP contribution in [0, 0.1) is 22.7 Å². The van der Waals surface area contributed by atoms with Crippen molar-refractivity contribution in [3.63, 3.8) is 0 Å². The van der Waals surface area contributed by atoms with Gasteiger partial charge in [-0.25, -0.2) is 0 Å². The minimum Gasteiger partial charge on any atom is -0.472 e. The Morgan fingerprint density at radius 3 is 2.96 bits per heavy atom. The number of aliphatic hydroxyl groups is 1. The van der Waals surface area contributed by atoms with Crippen molar-refractivity contribution in [1.29, 1.82) is 0 Å². The number of furan rings is 1. The van der Waals surface area contributed by atoms with E-state index in [2.05, 4.69) is 19.9 Å². The van der Waals surface area contributed by atoms with Crippen LogP contribution in [0.3, 0.4) is 0 Å². The molecule has 2 saturated heterocycles. The normalized spacial score (nSPS) is 52.5. The molecular weight excluding hydrogens is 304 g/mol. The number of epoxide rings is 1. The number of hydrogen-bond acceptors (Lipinski definition) is 4. The Balaban J connectivity index is 1.50. The molecule has 24 heavy (non-hydrogen) atoms. The van der Waals surface area contributed by atoms with Crippen LogP contribution in [0.5, 0.6) is 0 Å². The van der Waals surface area contributed by atoms with E-state index in [0.717, 1.165) is 38.5 Å². The Morgan fingerprint density at radius 1 is 1.29 bits per heavy atom. The molecule has 2 aliphatic heterocycles. The predicted molar refractivity (Wildman–Crippen MR) is 88.3 cm³/mol. The fourth-order valence-corrected chi connectivity index (χ4v) is 6.61. The molecular formula is C20H28O4. The Bertz CT molecular complexity index is 628. The summed E-state index contributed by atoms with van der Waals surface area (Å²) in [4.78, 5) is 0. The molecule has 0 radical (unpaired) electrons. The van der Waals surface area contributed by atoms with Gasteiger partial charge < -0.3 is 19.0 Å². The molecule has 4 heteroatoms. The fraction of sp³-hybridized carbons (Fsp3) is 0.800. The summed E-state index contributed by atoms with van der Waals surface area (Å²) < 4.78 is 17.2. The molecule has 1 N–H and O–H groups in total. The van der Waals surface area contributed by atoms with Gasteiger partial charge in [0.2, 0.25) is 0 Å². The zero-order chi connectivity index (χ0) is 16.6. The maximum absolute atomic E-state index is 10.9. The summed E-state index contributed by atoms with van der Waals surface area (Å²) >= 11 is 0. The summed E-state index contributed by atoms with van der Waals surface area (Å²) in [6.45, 7) is 5.43. The maximum Gasteiger partial charge on any atom is 0.163 e. The molecule has 7 atom stereocenters. The van der Waals surface area contributed by atoms with Gasteiger partial charge in [-0.2, -0.15) is 0 Å². The molecule has 4 aliphatic rings. The van der Waals surface area contributed by atoms with Crippen molar-refractivity contribution in [3.8, 4) is 0 Å². The molecule has 0 amide bonds. The predicted octanol–water partition coefficient (Wildman–Crippen LogP) is 3.53. The van der Waals surface area contributed by atoms with Gasteiger partial charge in [-0.3, -0.25) is 0 Å². The van der Waals surface area contributed by atoms with Crippen molar-refractivity contribution >= 4 is 0 Å². The highest BCUT2D eigenvalue weighted by Crippen LogP contribution is 2.73. The van der Waals surface area contributed by atoms with Gasteiger partial charge in [0.1, 0.15) is 5.60 Å². The van der Waals surface area contributed by atoms with Crippen molar-refractivity contribution in [2.45, 2.75) is 70.4 Å². The Morgan fingerprint density at radius 2 is 2.17 bits per heavy atom. The summed E-state index contributed by atoms with van der Waals surface area (Å²) in [7, 11) is 0. The summed E-state index contributed by atoms with van der Waals surface area (Å²) in [6, 6.07) is 2.07. The zero-order valence-corrected chi connectivity index (χ0v) is 14.7. The van der Waals surface area contributed by atoms with Crippen LogP contribution in [0.4, 0.5) is 0 Å². The lowest BCUT2D eigenvalue weighted by Crippen LogP contribution is -2.60. The maximum atomic E-state index is 10.9. The first-order chi connectivity index (χ1) is 11.5. The van der Waals surface area contributed by atoms with Crippen molar-refractivity contribution in [3.05, 3.63) is 24.2 Å². The van der Waals surface area contributed by atoms with E-state index in [0.29, 0.717) is 24.5 Å². The lowest BCUT2D eigenvalue weighted by Gasteiger charge is -2.59. The van der Waals surface area contributed by atoms with Crippen molar-refractivity contribution < 1.29 is 19.0 Å². The molecule has 0 aromatic carbocycles. The summed E-state index contributed by atoms with van der Waals surface area (Å²) in [5, 5.41) is 10.9. The van der Waals surface area contributed by atoms with Gasteiger partial charge in [-0.05, 0) is 67.4 Å². The van der Waals surface area contributed by atoms with E-state index in [1.807, 2.05) is 6.26 Å². The Hall–Kier alpha value is -0.840. The molecule has 4 nitrogen and oxygen atoms in total. The van der Waals surface area contributed by atoms with Crippen LogP contribution in [-0.2, 0) is 15.9 Å². The monoisotopic (exact) mass is 332 g/mol. The second-order valence-corrected chi connectivity index (χ2v) is 8.91. The van der Waals surface area contributed by atoms with Gasteiger partial charge in [0.05, 0.1) is 30.7 Å². The SMILES string of the molecule is CC1CCC23C(O)OCC24OC4CCC3C1(C)CCc1ccoc1. The highest BCUT2D eigenvalue weighted by Gasteiger charge is 2.81. The number of ether oxygens (including phenoxy) is 2. The van der Waals surface area contributed by atoms with Crippen molar-refractivity contribution in [2.24, 2.45) is 22.7 Å². The largest absolute Gasteiger partial charge is 0.472 e. The summed E-state index contributed by atoms with van der Waals surface area (Å²) in [6.07, 6.45) is 9.92. The van der Waals surface area contributed by atoms with Crippen molar-refractivity contribution in [2.75, 3.05) is 6.61 Å². The van der Waals surface area contributed by atoms with E-state index >= 15 is 0 Å². The van der Waals surface area contributed by atoms with Crippen LogP contribution in [0.1, 0.15) is 51.5 Å². The van der Waals surface area contributed by atoms with Crippen LogP contribution in [-0.4, -0.2) is 29.7 Å². The van der Waals surface area contributed by atoms with Crippen LogP contribution < -0.4 is 0 Å². The quantitative estimate of drug-likeness (QED) is 0.860. The molecule has 7 unspecified atom stereocenters. The van der Waals surface area contributed by atoms with E-state index in [-0.39, 0.29) is 16.4 Å². The molecule has 2 saturated carbocycles. The van der Waals surface area contributed by atoms with E-state index in [4.69, 9.17) is 13.9 Å². The third kappa shape index (κ3) is 1.70. The van der Waals surface area contributed by atoms with Crippen LogP contribution in [0.15, 0.2) is 23.0 Å². The number of aryl methyl sites for hydroxylation is 1. The standard InChI is InChI=1S/C20H28O4/c1-13-5-9-19-15(18(13,2)8-6-14-7-10-22-11-14)3-4-16-20(19,24-16)12-23-17(19)21/h7,10-11,13,15-17,21H,3-6,8-9,12H2,1-2H3. The molecule has 3 heterocycles. The van der Waals surface area contributed by atoms with Gasteiger partial charge in [0, 0.05) is 0 Å². The second kappa shape index (κ2) is 4.87. The Kier molecular flexibility index (Phi) is 3.13. The molecule has 1 aromatic heterocycles. The van der Waals surface area contributed by atoms with Crippen LogP contribution in [0.25, 0.3) is 0 Å². The van der Waals surface area contributed by atoms with Crippen LogP contribution in [0.2, 0.25) is 0 Å². The third-order valence-electron chi connectivity index (χ3n) is 8.28. The summed E-state index contributed by atoms with van der Waals surface area (Å²) in [5.74, 6) is 1.12. The van der Waals surface area contributed by atoms with Gasteiger partial charge in [-0.15, -0.1) is 0 Å². The topological polar surface area (TPSA) is 55.1 Å².